The van der Waals surface area contributed by atoms with Crippen LogP contribution in [0.2, 0.25) is 0 Å². The van der Waals surface area contributed by atoms with E-state index < -0.39 is 40.9 Å². The summed E-state index contributed by atoms with van der Waals surface area (Å²) in [4.78, 5) is 27.0. The van der Waals surface area contributed by atoms with Crippen LogP contribution in [0.1, 0.15) is 22.3 Å². The van der Waals surface area contributed by atoms with Gasteiger partial charge in [0.05, 0.1) is 17.2 Å². The molecule has 0 spiro atoms. The fourth-order valence-electron chi connectivity index (χ4n) is 5.47. The molecule has 0 aliphatic heterocycles. The van der Waals surface area contributed by atoms with Gasteiger partial charge in [-0.05, 0) is 44.5 Å². The standard InChI is InChI=1S/C22H25N3O6/c1-8-14(21(24)30)19(28)17(25(2)3)12-6-10-4-9-5-11(23)7-13(26)15(9)18(27)16(10)20(29)22(8,12)31/h5,7,10,12,17,26,28-29,31H,1,4,6,23H2,2-3H3,(H2,24,30)/t10-,12-,17-,22-/m0/s1. The maximum absolute atomic E-state index is 13.3. The molecule has 1 amide bonds. The number of nitrogens with two attached hydrogens (primary N) is 2. The molecule has 0 bridgehead atoms. The van der Waals surface area contributed by atoms with E-state index in [4.69, 9.17) is 11.5 Å². The van der Waals surface area contributed by atoms with Crippen molar-refractivity contribution in [3.8, 4) is 5.75 Å². The van der Waals surface area contributed by atoms with Gasteiger partial charge in [-0.3, -0.25) is 14.5 Å². The molecule has 9 heteroatoms. The van der Waals surface area contributed by atoms with Gasteiger partial charge < -0.3 is 31.9 Å². The first kappa shape index (κ1) is 21.0. The predicted octanol–water partition coefficient (Wildman–Crippen LogP) is 0.690. The van der Waals surface area contributed by atoms with E-state index in [0.717, 1.165) is 0 Å². The van der Waals surface area contributed by atoms with Crippen molar-refractivity contribution < 1.29 is 30.0 Å². The molecule has 0 radical (unpaired) electrons. The topological polar surface area (TPSA) is 170 Å². The first-order valence-corrected chi connectivity index (χ1v) is 9.82. The molecule has 0 heterocycles. The number of carbonyl (C=O) groups excluding carboxylic acids is 2. The first-order valence-electron chi connectivity index (χ1n) is 9.82. The van der Waals surface area contributed by atoms with E-state index in [-0.39, 0.29) is 40.2 Å². The van der Waals surface area contributed by atoms with Gasteiger partial charge in [0.25, 0.3) is 5.91 Å². The lowest BCUT2D eigenvalue weighted by atomic mass is 9.57. The smallest absolute Gasteiger partial charge is 0.252 e. The summed E-state index contributed by atoms with van der Waals surface area (Å²) in [7, 11) is 3.31. The number of likely N-dealkylation sites (N-methyl/N-ethyl adjacent to an activating group) is 1. The second-order valence-electron chi connectivity index (χ2n) is 8.69. The molecule has 3 aliphatic carbocycles. The van der Waals surface area contributed by atoms with Crippen molar-refractivity contribution in [3.63, 3.8) is 0 Å². The summed E-state index contributed by atoms with van der Waals surface area (Å²) in [6, 6.07) is 2.00. The van der Waals surface area contributed by atoms with Crippen molar-refractivity contribution in [2.75, 3.05) is 19.8 Å². The van der Waals surface area contributed by atoms with Crippen LogP contribution in [0.25, 0.3) is 0 Å². The molecule has 0 unspecified atom stereocenters. The van der Waals surface area contributed by atoms with Gasteiger partial charge in [-0.25, -0.2) is 0 Å². The normalized spacial score (nSPS) is 30.3. The van der Waals surface area contributed by atoms with E-state index in [1.165, 1.54) is 6.07 Å². The summed E-state index contributed by atoms with van der Waals surface area (Å²) >= 11 is 0. The van der Waals surface area contributed by atoms with E-state index in [1.807, 2.05) is 0 Å². The quantitative estimate of drug-likeness (QED) is 0.374. The summed E-state index contributed by atoms with van der Waals surface area (Å²) in [5.74, 6) is -4.21. The van der Waals surface area contributed by atoms with Gasteiger partial charge in [-0.15, -0.1) is 0 Å². The second kappa shape index (κ2) is 6.60. The number of aromatic hydroxyl groups is 1. The van der Waals surface area contributed by atoms with Crippen LogP contribution in [-0.4, -0.2) is 62.8 Å². The number of allylic oxidation sites excluding steroid dienone is 1. The Morgan fingerprint density at radius 2 is 1.90 bits per heavy atom. The van der Waals surface area contributed by atoms with Gasteiger partial charge in [0.15, 0.2) is 11.4 Å². The molecular formula is C22H25N3O6. The third kappa shape index (κ3) is 2.63. The Kier molecular flexibility index (Phi) is 4.46. The molecule has 1 aromatic carbocycles. The van der Waals surface area contributed by atoms with Crippen molar-refractivity contribution in [2.45, 2.75) is 24.5 Å². The summed E-state index contributed by atoms with van der Waals surface area (Å²) in [5.41, 5.74) is 9.26. The van der Waals surface area contributed by atoms with Crippen molar-refractivity contribution >= 4 is 17.4 Å². The number of nitrogens with zero attached hydrogens (tertiary/aromatic N) is 1. The Morgan fingerprint density at radius 3 is 2.48 bits per heavy atom. The van der Waals surface area contributed by atoms with Crippen LogP contribution in [0.15, 0.2) is 46.9 Å². The summed E-state index contributed by atoms with van der Waals surface area (Å²) in [6.45, 7) is 3.75. The van der Waals surface area contributed by atoms with Crippen LogP contribution < -0.4 is 11.5 Å². The third-order valence-corrected chi connectivity index (χ3v) is 6.74. The molecule has 3 aliphatic rings. The van der Waals surface area contributed by atoms with E-state index in [2.05, 4.69) is 6.58 Å². The van der Waals surface area contributed by atoms with E-state index in [0.29, 0.717) is 17.7 Å². The number of aliphatic hydroxyl groups is 3. The highest BCUT2D eigenvalue weighted by Crippen LogP contribution is 2.54. The number of primary amides is 1. The average Bonchev–Trinajstić information content (AvgIpc) is 2.63. The number of fused-ring (bicyclic) bond motifs is 3. The van der Waals surface area contributed by atoms with Gasteiger partial charge in [0.2, 0.25) is 0 Å². The Bertz CT molecular complexity index is 1120. The molecule has 8 N–H and O–H groups in total. The lowest BCUT2D eigenvalue weighted by Crippen LogP contribution is -2.60. The van der Waals surface area contributed by atoms with Gasteiger partial charge >= 0.3 is 0 Å². The van der Waals surface area contributed by atoms with E-state index in [9.17, 15) is 30.0 Å². The highest BCUT2D eigenvalue weighted by molar-refractivity contribution is 6.14. The number of phenolic OH excluding ortho intramolecular Hbond substituents is 1. The Hall–Kier alpha value is -3.30. The predicted molar refractivity (Wildman–Crippen MR) is 112 cm³/mol. The minimum Gasteiger partial charge on any atom is -0.510 e. The van der Waals surface area contributed by atoms with Crippen molar-refractivity contribution in [1.29, 1.82) is 0 Å². The fourth-order valence-corrected chi connectivity index (χ4v) is 5.47. The van der Waals surface area contributed by atoms with Gasteiger partial charge in [-0.2, -0.15) is 0 Å². The van der Waals surface area contributed by atoms with Crippen molar-refractivity contribution in [3.05, 3.63) is 58.1 Å². The molecule has 4 atom stereocenters. The van der Waals surface area contributed by atoms with Crippen LogP contribution in [0, 0.1) is 11.8 Å². The van der Waals surface area contributed by atoms with Crippen molar-refractivity contribution in [1.82, 2.24) is 4.90 Å². The molecule has 4 rings (SSSR count). The van der Waals surface area contributed by atoms with E-state index in [1.54, 1.807) is 25.1 Å². The highest BCUT2D eigenvalue weighted by atomic mass is 16.3. The number of anilines is 1. The molecule has 0 saturated heterocycles. The maximum Gasteiger partial charge on any atom is 0.252 e. The largest absolute Gasteiger partial charge is 0.510 e. The number of carbonyl (C=O) groups is 2. The number of ketones is 1. The first-order chi connectivity index (χ1) is 14.4. The fraction of sp³-hybridized carbons (Fsp3) is 0.364. The molecular weight excluding hydrogens is 402 g/mol. The highest BCUT2D eigenvalue weighted by Gasteiger charge is 2.60. The number of benzene rings is 1. The molecule has 0 aromatic heterocycles. The lowest BCUT2D eigenvalue weighted by molar-refractivity contribution is -0.115. The van der Waals surface area contributed by atoms with Crippen LogP contribution in [0.4, 0.5) is 5.69 Å². The molecule has 0 saturated carbocycles. The molecule has 164 valence electrons. The number of rotatable bonds is 2. The maximum atomic E-state index is 13.3. The van der Waals surface area contributed by atoms with Crippen LogP contribution >= 0.6 is 0 Å². The van der Waals surface area contributed by atoms with Crippen LogP contribution in [0.3, 0.4) is 0 Å². The zero-order valence-electron chi connectivity index (χ0n) is 17.2. The van der Waals surface area contributed by atoms with Gasteiger partial charge in [-0.1, -0.05) is 6.58 Å². The van der Waals surface area contributed by atoms with Crippen LogP contribution in [-0.2, 0) is 11.2 Å². The number of hydrogen-bond acceptors (Lipinski definition) is 8. The van der Waals surface area contributed by atoms with Crippen LogP contribution in [0.5, 0.6) is 5.75 Å². The minimum absolute atomic E-state index is 0.0214. The zero-order valence-corrected chi connectivity index (χ0v) is 17.2. The Morgan fingerprint density at radius 1 is 1.26 bits per heavy atom. The third-order valence-electron chi connectivity index (χ3n) is 6.74. The summed E-state index contributed by atoms with van der Waals surface area (Å²) in [5, 5.41) is 44.0. The molecule has 1 aromatic rings. The molecule has 9 nitrogen and oxygen atoms in total. The number of phenols is 1. The minimum atomic E-state index is -2.19. The van der Waals surface area contributed by atoms with E-state index >= 15 is 0 Å². The monoisotopic (exact) mass is 427 g/mol. The number of Topliss-reactive ketones (excluding diaryl/α,β-unsaturated/α-hetero) is 1. The van der Waals surface area contributed by atoms with Crippen molar-refractivity contribution in [2.24, 2.45) is 17.6 Å². The Balaban J connectivity index is 1.97. The SMILES string of the molecule is C=C1C(C(N)=O)=C(O)[C@@H](N(C)C)[C@@H]2C[C@@H]3Cc4cc(N)cc(O)c4C(=O)C3=C(O)[C@]12O. The van der Waals surface area contributed by atoms with Gasteiger partial charge in [0.1, 0.15) is 17.3 Å². The Labute approximate surface area is 178 Å². The molecule has 31 heavy (non-hydrogen) atoms. The second-order valence-corrected chi connectivity index (χ2v) is 8.69. The van der Waals surface area contributed by atoms with Gasteiger partial charge in [0, 0.05) is 28.8 Å². The number of aliphatic hydroxyl groups excluding tert-OH is 2. The molecule has 0 fully saturated rings. The summed E-state index contributed by atoms with van der Waals surface area (Å²) < 4.78 is 0. The lowest BCUT2D eigenvalue weighted by Gasteiger charge is -2.52. The number of amides is 1. The number of nitrogen functional groups attached to an aromatic ring is 1. The number of hydrogen-bond donors (Lipinski definition) is 6. The average molecular weight is 427 g/mol. The summed E-state index contributed by atoms with van der Waals surface area (Å²) in [6.07, 6.45) is 0.500. The zero-order chi connectivity index (χ0) is 23.0.